The minimum atomic E-state index is -0.190. The average Bonchev–Trinajstić information content (AvgIpc) is 2.41. The number of thiocarbonyl (C=S) groups is 1. The van der Waals surface area contributed by atoms with Crippen molar-refractivity contribution in [2.45, 2.75) is 25.4 Å². The molecule has 1 fully saturated rings. The minimum absolute atomic E-state index is 0.190. The van der Waals surface area contributed by atoms with Crippen molar-refractivity contribution in [3.8, 4) is 0 Å². The molecule has 1 aliphatic heterocycles. The zero-order valence-corrected chi connectivity index (χ0v) is 12.9. The molecule has 1 aliphatic rings. The predicted octanol–water partition coefficient (Wildman–Crippen LogP) is 1.99. The third kappa shape index (κ3) is 3.75. The summed E-state index contributed by atoms with van der Waals surface area (Å²) in [7, 11) is 4.20. The minimum Gasteiger partial charge on any atom is -0.389 e. The maximum Gasteiger partial charge on any atom is 0.127 e. The molecule has 2 rings (SSSR count). The van der Waals surface area contributed by atoms with Gasteiger partial charge >= 0.3 is 0 Å². The molecule has 110 valence electrons. The third-order valence-electron chi connectivity index (χ3n) is 4.06. The van der Waals surface area contributed by atoms with Crippen LogP contribution in [0, 0.1) is 5.82 Å². The number of benzene rings is 1. The van der Waals surface area contributed by atoms with E-state index in [0.29, 0.717) is 23.1 Å². The summed E-state index contributed by atoms with van der Waals surface area (Å²) in [5.74, 6) is -0.190. The Morgan fingerprint density at radius 1 is 1.45 bits per heavy atom. The third-order valence-corrected chi connectivity index (χ3v) is 4.30. The van der Waals surface area contributed by atoms with Crippen molar-refractivity contribution in [3.05, 3.63) is 35.1 Å². The molecule has 0 spiro atoms. The monoisotopic (exact) mass is 295 g/mol. The smallest absolute Gasteiger partial charge is 0.127 e. The van der Waals surface area contributed by atoms with E-state index < -0.39 is 0 Å². The van der Waals surface area contributed by atoms with Crippen LogP contribution in [0.15, 0.2) is 18.2 Å². The van der Waals surface area contributed by atoms with Crippen LogP contribution in [0.3, 0.4) is 0 Å². The summed E-state index contributed by atoms with van der Waals surface area (Å²) >= 11 is 4.95. The largest absolute Gasteiger partial charge is 0.389 e. The van der Waals surface area contributed by atoms with Crippen LogP contribution in [0.2, 0.25) is 0 Å². The van der Waals surface area contributed by atoms with Gasteiger partial charge in [0.25, 0.3) is 0 Å². The fourth-order valence-electron chi connectivity index (χ4n) is 2.68. The molecule has 20 heavy (non-hydrogen) atoms. The van der Waals surface area contributed by atoms with Crippen LogP contribution in [0.5, 0.6) is 0 Å². The summed E-state index contributed by atoms with van der Waals surface area (Å²) < 4.78 is 13.9. The molecule has 0 amide bonds. The second-order valence-electron chi connectivity index (χ2n) is 5.62. The van der Waals surface area contributed by atoms with E-state index in [1.807, 2.05) is 0 Å². The molecule has 0 bridgehead atoms. The summed E-state index contributed by atoms with van der Waals surface area (Å²) in [5.41, 5.74) is 7.00. The number of nitrogens with two attached hydrogens (primary N) is 1. The summed E-state index contributed by atoms with van der Waals surface area (Å²) in [6, 6.07) is 5.37. The number of hydrogen-bond acceptors (Lipinski definition) is 3. The highest BCUT2D eigenvalue weighted by atomic mass is 32.1. The van der Waals surface area contributed by atoms with Crippen LogP contribution in [0.4, 0.5) is 4.39 Å². The Bertz CT molecular complexity index is 484. The number of rotatable bonds is 4. The molecule has 3 nitrogen and oxygen atoms in total. The van der Waals surface area contributed by atoms with Gasteiger partial charge in [0, 0.05) is 23.7 Å². The van der Waals surface area contributed by atoms with Crippen molar-refractivity contribution in [2.75, 3.05) is 27.2 Å². The Labute approximate surface area is 125 Å². The predicted molar refractivity (Wildman–Crippen MR) is 84.3 cm³/mol. The van der Waals surface area contributed by atoms with Crippen LogP contribution in [-0.4, -0.2) is 48.0 Å². The molecule has 0 aliphatic carbocycles. The molecular formula is C15H22FN3S. The van der Waals surface area contributed by atoms with E-state index in [1.165, 1.54) is 6.07 Å². The van der Waals surface area contributed by atoms with Gasteiger partial charge in [-0.25, -0.2) is 4.39 Å². The van der Waals surface area contributed by atoms with Crippen molar-refractivity contribution in [1.82, 2.24) is 9.80 Å². The zero-order chi connectivity index (χ0) is 14.7. The van der Waals surface area contributed by atoms with Gasteiger partial charge in [0.15, 0.2) is 0 Å². The van der Waals surface area contributed by atoms with E-state index in [2.05, 4.69) is 23.9 Å². The van der Waals surface area contributed by atoms with Crippen molar-refractivity contribution in [1.29, 1.82) is 0 Å². The first-order valence-electron chi connectivity index (χ1n) is 6.94. The molecule has 1 aromatic carbocycles. The topological polar surface area (TPSA) is 32.5 Å². The van der Waals surface area contributed by atoms with E-state index >= 15 is 0 Å². The van der Waals surface area contributed by atoms with Crippen molar-refractivity contribution in [3.63, 3.8) is 0 Å². The Hall–Kier alpha value is -1.04. The molecule has 0 saturated carbocycles. The fourth-order valence-corrected chi connectivity index (χ4v) is 2.81. The van der Waals surface area contributed by atoms with Gasteiger partial charge in [-0.2, -0.15) is 0 Å². The SMILES string of the molecule is CN1CCC(N(C)Cc2cc(C(N)=S)ccc2F)CC1. The lowest BCUT2D eigenvalue weighted by Crippen LogP contribution is -2.41. The lowest BCUT2D eigenvalue weighted by atomic mass is 10.0. The lowest BCUT2D eigenvalue weighted by molar-refractivity contribution is 0.138. The maximum absolute atomic E-state index is 13.9. The highest BCUT2D eigenvalue weighted by molar-refractivity contribution is 7.80. The van der Waals surface area contributed by atoms with Gasteiger partial charge < -0.3 is 10.6 Å². The highest BCUT2D eigenvalue weighted by Gasteiger charge is 2.21. The van der Waals surface area contributed by atoms with E-state index in [-0.39, 0.29) is 5.82 Å². The first-order chi connectivity index (χ1) is 9.47. The van der Waals surface area contributed by atoms with E-state index in [0.717, 1.165) is 31.5 Å². The number of piperidine rings is 1. The van der Waals surface area contributed by atoms with Gasteiger partial charge in [0.2, 0.25) is 0 Å². The number of hydrogen-bond donors (Lipinski definition) is 1. The molecule has 0 unspecified atom stereocenters. The molecule has 0 atom stereocenters. The number of nitrogens with zero attached hydrogens (tertiary/aromatic N) is 2. The summed E-state index contributed by atoms with van der Waals surface area (Å²) in [6.07, 6.45) is 2.26. The zero-order valence-electron chi connectivity index (χ0n) is 12.1. The van der Waals surface area contributed by atoms with Crippen molar-refractivity contribution >= 4 is 17.2 Å². The molecule has 0 radical (unpaired) electrons. The molecule has 0 aromatic heterocycles. The fraction of sp³-hybridized carbons (Fsp3) is 0.533. The molecule has 1 aromatic rings. The van der Waals surface area contributed by atoms with Crippen molar-refractivity contribution < 1.29 is 4.39 Å². The molecule has 1 heterocycles. The molecule has 2 N–H and O–H groups in total. The van der Waals surface area contributed by atoms with Crippen LogP contribution >= 0.6 is 12.2 Å². The second kappa shape index (κ2) is 6.61. The highest BCUT2D eigenvalue weighted by Crippen LogP contribution is 2.19. The quantitative estimate of drug-likeness (QED) is 0.861. The van der Waals surface area contributed by atoms with Gasteiger partial charge in [-0.1, -0.05) is 12.2 Å². The second-order valence-corrected chi connectivity index (χ2v) is 6.06. The van der Waals surface area contributed by atoms with Gasteiger partial charge in [0.1, 0.15) is 10.8 Å². The average molecular weight is 295 g/mol. The molecule has 1 saturated heterocycles. The standard InChI is InChI=1S/C15H22FN3S/c1-18-7-5-13(6-8-18)19(2)10-12-9-11(15(17)20)3-4-14(12)16/h3-4,9,13H,5-8,10H2,1-2H3,(H2,17,20). The Morgan fingerprint density at radius 3 is 2.70 bits per heavy atom. The summed E-state index contributed by atoms with van der Waals surface area (Å²) in [5, 5.41) is 0. The molecular weight excluding hydrogens is 273 g/mol. The summed E-state index contributed by atoms with van der Waals surface area (Å²) in [6.45, 7) is 2.80. The summed E-state index contributed by atoms with van der Waals surface area (Å²) in [4.78, 5) is 4.88. The lowest BCUT2D eigenvalue weighted by Gasteiger charge is -2.35. The van der Waals surface area contributed by atoms with Crippen LogP contribution in [0.1, 0.15) is 24.0 Å². The normalized spacial score (nSPS) is 17.6. The first kappa shape index (κ1) is 15.4. The number of halogens is 1. The van der Waals surface area contributed by atoms with Gasteiger partial charge in [-0.3, -0.25) is 4.90 Å². The first-order valence-corrected chi connectivity index (χ1v) is 7.35. The maximum atomic E-state index is 13.9. The van der Waals surface area contributed by atoms with Crippen LogP contribution in [-0.2, 0) is 6.54 Å². The van der Waals surface area contributed by atoms with Gasteiger partial charge in [-0.15, -0.1) is 0 Å². The van der Waals surface area contributed by atoms with E-state index in [4.69, 9.17) is 18.0 Å². The Morgan fingerprint density at radius 2 is 2.10 bits per heavy atom. The van der Waals surface area contributed by atoms with Gasteiger partial charge in [-0.05, 0) is 58.2 Å². The van der Waals surface area contributed by atoms with Crippen LogP contribution in [0.25, 0.3) is 0 Å². The Balaban J connectivity index is 2.05. The van der Waals surface area contributed by atoms with E-state index in [1.54, 1.807) is 12.1 Å². The number of likely N-dealkylation sites (tertiary alicyclic amines) is 1. The van der Waals surface area contributed by atoms with Crippen LogP contribution < -0.4 is 5.73 Å². The Kier molecular flexibility index (Phi) is 5.07. The van der Waals surface area contributed by atoms with Gasteiger partial charge in [0.05, 0.1) is 0 Å². The molecule has 5 heteroatoms. The van der Waals surface area contributed by atoms with Crippen molar-refractivity contribution in [2.24, 2.45) is 5.73 Å². The van der Waals surface area contributed by atoms with E-state index in [9.17, 15) is 4.39 Å².